The zero-order chi connectivity index (χ0) is 21.1. The van der Waals surface area contributed by atoms with Crippen molar-refractivity contribution in [3.05, 3.63) is 71.2 Å². The Bertz CT molecular complexity index is 1110. The first kappa shape index (κ1) is 21.0. The van der Waals surface area contributed by atoms with Crippen molar-refractivity contribution in [2.24, 2.45) is 0 Å². The van der Waals surface area contributed by atoms with E-state index < -0.39 is 27.5 Å². The van der Waals surface area contributed by atoms with Crippen molar-refractivity contribution >= 4 is 27.1 Å². The number of benzene rings is 2. The van der Waals surface area contributed by atoms with Crippen molar-refractivity contribution in [3.8, 4) is 10.6 Å². The number of amides is 1. The van der Waals surface area contributed by atoms with Crippen molar-refractivity contribution in [3.63, 3.8) is 0 Å². The van der Waals surface area contributed by atoms with E-state index in [4.69, 9.17) is 0 Å². The average Bonchev–Trinajstić information content (AvgIpc) is 3.18. The summed E-state index contributed by atoms with van der Waals surface area (Å²) in [5.41, 5.74) is -0.544. The van der Waals surface area contributed by atoms with Gasteiger partial charge in [-0.25, -0.2) is 13.4 Å². The summed E-state index contributed by atoms with van der Waals surface area (Å²) < 4.78 is 62.9. The largest absolute Gasteiger partial charge is 0.416 e. The molecular formula is C19H15F3N2O3S2. The number of nitrogens with zero attached hydrogens (tertiary/aromatic N) is 1. The van der Waals surface area contributed by atoms with E-state index in [1.807, 2.05) is 0 Å². The van der Waals surface area contributed by atoms with E-state index in [2.05, 4.69) is 10.3 Å². The number of halogens is 3. The summed E-state index contributed by atoms with van der Waals surface area (Å²) in [6, 6.07) is 12.5. The normalized spacial score (nSPS) is 12.0. The smallest absolute Gasteiger partial charge is 0.350 e. The summed E-state index contributed by atoms with van der Waals surface area (Å²) >= 11 is 1.03. The fourth-order valence-electron chi connectivity index (χ4n) is 2.47. The van der Waals surface area contributed by atoms with Crippen molar-refractivity contribution in [2.75, 3.05) is 12.3 Å². The van der Waals surface area contributed by atoms with E-state index in [-0.39, 0.29) is 33.5 Å². The summed E-state index contributed by atoms with van der Waals surface area (Å²) in [5.74, 6) is -0.879. The third-order valence-corrected chi connectivity index (χ3v) is 6.56. The predicted molar refractivity (Wildman–Crippen MR) is 103 cm³/mol. The van der Waals surface area contributed by atoms with Crippen LogP contribution in [0.25, 0.3) is 10.6 Å². The minimum Gasteiger partial charge on any atom is -0.350 e. The first-order valence-corrected chi connectivity index (χ1v) is 10.9. The average molecular weight is 440 g/mol. The highest BCUT2D eigenvalue weighted by Gasteiger charge is 2.30. The number of thiazole rings is 1. The molecule has 3 aromatic rings. The molecule has 1 aromatic heterocycles. The van der Waals surface area contributed by atoms with E-state index in [0.29, 0.717) is 0 Å². The van der Waals surface area contributed by atoms with Gasteiger partial charge in [0.25, 0.3) is 5.91 Å². The van der Waals surface area contributed by atoms with Crippen LogP contribution in [0, 0.1) is 0 Å². The number of hydrogen-bond acceptors (Lipinski definition) is 5. The van der Waals surface area contributed by atoms with Crippen LogP contribution in [0.15, 0.2) is 64.9 Å². The fourth-order valence-corrected chi connectivity index (χ4v) is 4.45. The maximum Gasteiger partial charge on any atom is 0.416 e. The molecule has 10 heteroatoms. The van der Waals surface area contributed by atoms with Crippen LogP contribution < -0.4 is 5.32 Å². The third kappa shape index (κ3) is 5.21. The Morgan fingerprint density at radius 1 is 1.07 bits per heavy atom. The highest BCUT2D eigenvalue weighted by molar-refractivity contribution is 7.91. The molecule has 0 radical (unpaired) electrons. The van der Waals surface area contributed by atoms with Gasteiger partial charge in [0.15, 0.2) is 9.84 Å². The summed E-state index contributed by atoms with van der Waals surface area (Å²) in [7, 11) is -3.53. The number of carbonyl (C=O) groups is 1. The van der Waals surface area contributed by atoms with E-state index >= 15 is 0 Å². The molecule has 0 bridgehead atoms. The second-order valence-electron chi connectivity index (χ2n) is 6.00. The Morgan fingerprint density at radius 2 is 1.79 bits per heavy atom. The zero-order valence-corrected chi connectivity index (χ0v) is 16.4. The molecule has 2 aromatic carbocycles. The van der Waals surface area contributed by atoms with Crippen LogP contribution in [0.4, 0.5) is 13.2 Å². The van der Waals surface area contributed by atoms with E-state index in [0.717, 1.165) is 23.5 Å². The molecule has 3 rings (SSSR count). The molecule has 5 nitrogen and oxygen atoms in total. The van der Waals surface area contributed by atoms with Crippen LogP contribution in [0.2, 0.25) is 0 Å². The molecule has 29 heavy (non-hydrogen) atoms. The van der Waals surface area contributed by atoms with Crippen LogP contribution in [0.3, 0.4) is 0 Å². The van der Waals surface area contributed by atoms with Gasteiger partial charge >= 0.3 is 6.18 Å². The number of aromatic nitrogens is 1. The Hall–Kier alpha value is -2.72. The molecular weight excluding hydrogens is 425 g/mol. The minimum atomic E-state index is -4.47. The molecule has 0 fully saturated rings. The molecule has 0 saturated carbocycles. The topological polar surface area (TPSA) is 76.1 Å². The lowest BCUT2D eigenvalue weighted by molar-refractivity contribution is -0.137. The monoisotopic (exact) mass is 440 g/mol. The molecule has 0 aliphatic rings. The SMILES string of the molecule is O=C(NCCS(=O)(=O)c1ccccc1)c1csc(-c2cccc(C(F)(F)F)c2)n1. The fraction of sp³-hybridized carbons (Fsp3) is 0.158. The highest BCUT2D eigenvalue weighted by Crippen LogP contribution is 2.33. The molecule has 1 amide bonds. The van der Waals surface area contributed by atoms with E-state index in [1.54, 1.807) is 18.2 Å². The number of alkyl halides is 3. The Kier molecular flexibility index (Phi) is 6.04. The number of rotatable bonds is 6. The molecule has 1 N–H and O–H groups in total. The van der Waals surface area contributed by atoms with Crippen LogP contribution in [0.1, 0.15) is 16.1 Å². The number of carbonyl (C=O) groups excluding carboxylic acids is 1. The first-order chi connectivity index (χ1) is 13.7. The predicted octanol–water partition coefficient (Wildman–Crippen LogP) is 4.03. The molecule has 0 spiro atoms. The Labute approximate surface area is 169 Å². The van der Waals surface area contributed by atoms with Crippen LogP contribution in [-0.4, -0.2) is 31.6 Å². The van der Waals surface area contributed by atoms with Gasteiger partial charge in [-0.1, -0.05) is 30.3 Å². The van der Waals surface area contributed by atoms with Crippen molar-refractivity contribution in [1.29, 1.82) is 0 Å². The lowest BCUT2D eigenvalue weighted by atomic mass is 10.1. The van der Waals surface area contributed by atoms with E-state index in [9.17, 15) is 26.4 Å². The molecule has 152 valence electrons. The van der Waals surface area contributed by atoms with Gasteiger partial charge in [-0.15, -0.1) is 11.3 Å². The van der Waals surface area contributed by atoms with Gasteiger partial charge in [0.2, 0.25) is 0 Å². The standard InChI is InChI=1S/C19H15F3N2O3S2/c20-19(21,22)14-6-4-5-13(11-14)18-24-16(12-28-18)17(25)23-9-10-29(26,27)15-7-2-1-3-8-15/h1-8,11-12H,9-10H2,(H,23,25). The second kappa shape index (κ2) is 8.34. The van der Waals surface area contributed by atoms with Gasteiger partial charge in [-0.05, 0) is 24.3 Å². The maximum atomic E-state index is 12.8. The Balaban J connectivity index is 1.64. The lowest BCUT2D eigenvalue weighted by Gasteiger charge is -2.07. The van der Waals surface area contributed by atoms with Crippen molar-refractivity contribution in [2.45, 2.75) is 11.1 Å². The quantitative estimate of drug-likeness (QED) is 0.628. The summed E-state index contributed by atoms with van der Waals surface area (Å²) in [5, 5.41) is 4.15. The highest BCUT2D eigenvalue weighted by atomic mass is 32.2. The van der Waals surface area contributed by atoms with Crippen LogP contribution in [-0.2, 0) is 16.0 Å². The number of sulfone groups is 1. The van der Waals surface area contributed by atoms with Gasteiger partial charge < -0.3 is 5.32 Å². The summed E-state index contributed by atoms with van der Waals surface area (Å²) in [4.78, 5) is 16.4. The number of hydrogen-bond donors (Lipinski definition) is 1. The van der Waals surface area contributed by atoms with Gasteiger partial charge in [0.05, 0.1) is 16.2 Å². The van der Waals surface area contributed by atoms with Crippen LogP contribution >= 0.6 is 11.3 Å². The molecule has 0 saturated heterocycles. The third-order valence-electron chi connectivity index (χ3n) is 3.93. The first-order valence-electron chi connectivity index (χ1n) is 8.36. The van der Waals surface area contributed by atoms with Crippen LogP contribution in [0.5, 0.6) is 0 Å². The van der Waals surface area contributed by atoms with Gasteiger partial charge in [0.1, 0.15) is 10.7 Å². The van der Waals surface area contributed by atoms with Gasteiger partial charge in [0, 0.05) is 17.5 Å². The van der Waals surface area contributed by atoms with Gasteiger partial charge in [-0.3, -0.25) is 4.79 Å². The minimum absolute atomic E-state index is 0.0134. The molecule has 0 aliphatic heterocycles. The van der Waals surface area contributed by atoms with E-state index in [1.165, 1.54) is 29.6 Å². The number of nitrogens with one attached hydrogen (secondary N) is 1. The molecule has 0 unspecified atom stereocenters. The van der Waals surface area contributed by atoms with Gasteiger partial charge in [-0.2, -0.15) is 13.2 Å². The Morgan fingerprint density at radius 3 is 2.48 bits per heavy atom. The molecule has 0 aliphatic carbocycles. The lowest BCUT2D eigenvalue weighted by Crippen LogP contribution is -2.29. The molecule has 0 atom stereocenters. The summed E-state index contributed by atoms with van der Waals surface area (Å²) in [6.45, 7) is -0.119. The van der Waals surface area contributed by atoms with Crippen molar-refractivity contribution in [1.82, 2.24) is 10.3 Å². The molecule has 1 heterocycles. The zero-order valence-electron chi connectivity index (χ0n) is 14.8. The second-order valence-corrected chi connectivity index (χ2v) is 8.97. The maximum absolute atomic E-state index is 12.8. The van der Waals surface area contributed by atoms with Crippen molar-refractivity contribution < 1.29 is 26.4 Å². The summed E-state index contributed by atoms with van der Waals surface area (Å²) in [6.07, 6.45) is -4.47.